The molecule has 0 bridgehead atoms. The highest BCUT2D eigenvalue weighted by molar-refractivity contribution is 6.30. The van der Waals surface area contributed by atoms with Gasteiger partial charge in [-0.2, -0.15) is 5.10 Å². The molecule has 3 amide bonds. The van der Waals surface area contributed by atoms with Gasteiger partial charge in [-0.3, -0.25) is 14.4 Å². The molecule has 0 aliphatic heterocycles. The first-order chi connectivity index (χ1) is 16.9. The number of nitrogens with zero attached hydrogens (tertiary/aromatic N) is 2. The van der Waals surface area contributed by atoms with E-state index in [1.807, 2.05) is 30.3 Å². The maximum atomic E-state index is 13.2. The summed E-state index contributed by atoms with van der Waals surface area (Å²) < 4.78 is 1.51. The smallest absolute Gasteiger partial charge is 0.269 e. The van der Waals surface area contributed by atoms with Crippen LogP contribution in [0.4, 0.5) is 5.69 Å². The summed E-state index contributed by atoms with van der Waals surface area (Å²) in [4.78, 5) is 37.2. The normalized spacial score (nSPS) is 11.5. The fourth-order valence-electron chi connectivity index (χ4n) is 3.43. The molecule has 1 atom stereocenters. The topological polar surface area (TPSA) is 119 Å². The molecule has 9 heteroatoms. The molecule has 0 saturated heterocycles. The van der Waals surface area contributed by atoms with Gasteiger partial charge < -0.3 is 16.4 Å². The van der Waals surface area contributed by atoms with Crippen molar-refractivity contribution in [1.82, 2.24) is 15.1 Å². The number of hydrogen-bond donors (Lipinski definition) is 3. The molecule has 1 heterocycles. The van der Waals surface area contributed by atoms with Crippen LogP contribution in [0.3, 0.4) is 0 Å². The van der Waals surface area contributed by atoms with E-state index in [9.17, 15) is 14.4 Å². The number of hydrogen-bond acceptors (Lipinski definition) is 4. The van der Waals surface area contributed by atoms with Crippen LogP contribution in [0.25, 0.3) is 5.69 Å². The van der Waals surface area contributed by atoms with Crippen LogP contribution >= 0.6 is 11.6 Å². The van der Waals surface area contributed by atoms with E-state index in [2.05, 4.69) is 15.7 Å². The van der Waals surface area contributed by atoms with Crippen molar-refractivity contribution < 1.29 is 14.4 Å². The Balaban J connectivity index is 1.49. The van der Waals surface area contributed by atoms with Gasteiger partial charge >= 0.3 is 0 Å². The predicted octanol–water partition coefficient (Wildman–Crippen LogP) is 3.60. The molecule has 0 radical (unpaired) electrons. The lowest BCUT2D eigenvalue weighted by Gasteiger charge is -2.19. The zero-order chi connectivity index (χ0) is 24.8. The van der Waals surface area contributed by atoms with E-state index < -0.39 is 11.9 Å². The van der Waals surface area contributed by atoms with E-state index in [-0.39, 0.29) is 17.5 Å². The first-order valence-corrected chi connectivity index (χ1v) is 11.1. The molecular formula is C26H22ClN5O3. The highest BCUT2D eigenvalue weighted by Crippen LogP contribution is 2.15. The highest BCUT2D eigenvalue weighted by atomic mass is 35.5. The molecule has 8 nitrogen and oxygen atoms in total. The largest absolute Gasteiger partial charge is 0.364 e. The fourth-order valence-corrected chi connectivity index (χ4v) is 3.55. The molecular weight excluding hydrogens is 466 g/mol. The summed E-state index contributed by atoms with van der Waals surface area (Å²) >= 11 is 5.91. The Kier molecular flexibility index (Phi) is 7.23. The molecule has 4 N–H and O–H groups in total. The zero-order valence-electron chi connectivity index (χ0n) is 18.5. The van der Waals surface area contributed by atoms with Gasteiger partial charge in [0, 0.05) is 28.9 Å². The molecule has 3 aromatic carbocycles. The number of primary amides is 1. The average molecular weight is 488 g/mol. The van der Waals surface area contributed by atoms with Crippen LogP contribution in [0, 0.1) is 0 Å². The number of benzene rings is 3. The van der Waals surface area contributed by atoms with Gasteiger partial charge in [-0.05, 0) is 60.2 Å². The third-order valence-electron chi connectivity index (χ3n) is 5.25. The Morgan fingerprint density at radius 3 is 2.23 bits per heavy atom. The monoisotopic (exact) mass is 487 g/mol. The number of nitrogens with two attached hydrogens (primary N) is 1. The SMILES string of the molecule is NC(=O)c1ccn(-c2ccc(NC(=O)C(Cc3ccccc3)NC(=O)c3ccc(Cl)cc3)cc2)n1. The van der Waals surface area contributed by atoms with Crippen molar-refractivity contribution in [3.8, 4) is 5.69 Å². The van der Waals surface area contributed by atoms with Gasteiger partial charge in [-0.25, -0.2) is 4.68 Å². The number of carbonyl (C=O) groups excluding carboxylic acids is 3. The van der Waals surface area contributed by atoms with Gasteiger partial charge in [-0.15, -0.1) is 0 Å². The van der Waals surface area contributed by atoms with Gasteiger partial charge in [0.2, 0.25) is 5.91 Å². The number of carbonyl (C=O) groups is 3. The van der Waals surface area contributed by atoms with E-state index in [4.69, 9.17) is 17.3 Å². The standard InChI is InChI=1S/C26H22ClN5O3/c27-19-8-6-18(7-9-19)25(34)30-23(16-17-4-2-1-3-5-17)26(35)29-20-10-12-21(13-11-20)32-15-14-22(31-32)24(28)33/h1-15,23H,16H2,(H2,28,33)(H,29,35)(H,30,34). The molecule has 1 aromatic heterocycles. The number of nitrogens with one attached hydrogen (secondary N) is 2. The molecule has 4 aromatic rings. The second kappa shape index (κ2) is 10.7. The van der Waals surface area contributed by atoms with Crippen molar-refractivity contribution in [3.63, 3.8) is 0 Å². The molecule has 0 aliphatic rings. The van der Waals surface area contributed by atoms with Crippen molar-refractivity contribution in [1.29, 1.82) is 0 Å². The number of anilines is 1. The minimum Gasteiger partial charge on any atom is -0.364 e. The van der Waals surface area contributed by atoms with E-state index >= 15 is 0 Å². The van der Waals surface area contributed by atoms with E-state index in [1.54, 1.807) is 54.7 Å². The van der Waals surface area contributed by atoms with Crippen LogP contribution < -0.4 is 16.4 Å². The minimum absolute atomic E-state index is 0.155. The van der Waals surface area contributed by atoms with Crippen molar-refractivity contribution >= 4 is 35.0 Å². The zero-order valence-corrected chi connectivity index (χ0v) is 19.3. The van der Waals surface area contributed by atoms with Crippen LogP contribution in [-0.2, 0) is 11.2 Å². The van der Waals surface area contributed by atoms with Crippen molar-refractivity contribution in [2.24, 2.45) is 5.73 Å². The Morgan fingerprint density at radius 2 is 1.60 bits per heavy atom. The van der Waals surface area contributed by atoms with Gasteiger partial charge in [-0.1, -0.05) is 41.9 Å². The average Bonchev–Trinajstić information content (AvgIpc) is 3.36. The summed E-state index contributed by atoms with van der Waals surface area (Å²) in [6.07, 6.45) is 1.93. The lowest BCUT2D eigenvalue weighted by Crippen LogP contribution is -2.45. The van der Waals surface area contributed by atoms with E-state index in [1.165, 1.54) is 10.7 Å². The predicted molar refractivity (Wildman–Crippen MR) is 134 cm³/mol. The van der Waals surface area contributed by atoms with Crippen LogP contribution in [0.1, 0.15) is 26.4 Å². The van der Waals surface area contributed by atoms with Crippen LogP contribution in [-0.4, -0.2) is 33.5 Å². The highest BCUT2D eigenvalue weighted by Gasteiger charge is 2.22. The lowest BCUT2D eigenvalue weighted by molar-refractivity contribution is -0.118. The summed E-state index contributed by atoms with van der Waals surface area (Å²) in [7, 11) is 0. The van der Waals surface area contributed by atoms with Crippen molar-refractivity contribution in [3.05, 3.63) is 113 Å². The molecule has 0 aliphatic carbocycles. The minimum atomic E-state index is -0.815. The Hall–Kier alpha value is -4.43. The first kappa shape index (κ1) is 23.7. The van der Waals surface area contributed by atoms with E-state index in [0.29, 0.717) is 28.4 Å². The van der Waals surface area contributed by atoms with Gasteiger partial charge in [0.25, 0.3) is 11.8 Å². The van der Waals surface area contributed by atoms with Gasteiger partial charge in [0.1, 0.15) is 11.7 Å². The van der Waals surface area contributed by atoms with Crippen molar-refractivity contribution in [2.75, 3.05) is 5.32 Å². The van der Waals surface area contributed by atoms with Crippen LogP contribution in [0.5, 0.6) is 0 Å². The molecule has 0 fully saturated rings. The molecule has 0 saturated carbocycles. The number of aromatic nitrogens is 2. The second-order valence-electron chi connectivity index (χ2n) is 7.77. The lowest BCUT2D eigenvalue weighted by atomic mass is 10.0. The third-order valence-corrected chi connectivity index (χ3v) is 5.50. The number of halogens is 1. The quantitative estimate of drug-likeness (QED) is 0.351. The Labute approximate surface area is 206 Å². The molecule has 1 unspecified atom stereocenters. The van der Waals surface area contributed by atoms with Crippen LogP contribution in [0.2, 0.25) is 5.02 Å². The molecule has 4 rings (SSSR count). The maximum Gasteiger partial charge on any atom is 0.269 e. The summed E-state index contributed by atoms with van der Waals surface area (Å²) in [6.45, 7) is 0. The molecule has 0 spiro atoms. The molecule has 35 heavy (non-hydrogen) atoms. The van der Waals surface area contributed by atoms with Crippen molar-refractivity contribution in [2.45, 2.75) is 12.5 Å². The Morgan fingerprint density at radius 1 is 0.914 bits per heavy atom. The van der Waals surface area contributed by atoms with E-state index in [0.717, 1.165) is 5.56 Å². The number of rotatable bonds is 8. The summed E-state index contributed by atoms with van der Waals surface area (Å²) in [6, 6.07) is 23.5. The van der Waals surface area contributed by atoms with Gasteiger partial charge in [0.05, 0.1) is 5.69 Å². The van der Waals surface area contributed by atoms with Gasteiger partial charge in [0.15, 0.2) is 0 Å². The maximum absolute atomic E-state index is 13.2. The first-order valence-electron chi connectivity index (χ1n) is 10.8. The third kappa shape index (κ3) is 6.13. The summed E-state index contributed by atoms with van der Waals surface area (Å²) in [5.41, 5.74) is 7.94. The summed E-state index contributed by atoms with van der Waals surface area (Å²) in [5, 5.41) is 10.3. The number of amides is 3. The summed E-state index contributed by atoms with van der Waals surface area (Å²) in [5.74, 6) is -1.35. The Bertz CT molecular complexity index is 1340. The van der Waals surface area contributed by atoms with Crippen LogP contribution in [0.15, 0.2) is 91.1 Å². The second-order valence-corrected chi connectivity index (χ2v) is 8.21. The molecule has 176 valence electrons. The fraction of sp³-hybridized carbons (Fsp3) is 0.0769.